The molecule has 6 rings (SSSR count). The number of dihydropyridines is 1. The van der Waals surface area contributed by atoms with Crippen molar-refractivity contribution < 1.29 is 14.3 Å². The predicted octanol–water partition coefficient (Wildman–Crippen LogP) is 6.93. The molecule has 44 heavy (non-hydrogen) atoms. The van der Waals surface area contributed by atoms with Crippen LogP contribution in [0.2, 0.25) is 5.02 Å². The summed E-state index contributed by atoms with van der Waals surface area (Å²) in [6, 6.07) is 26.3. The van der Waals surface area contributed by atoms with Crippen LogP contribution >= 0.6 is 11.6 Å². The maximum Gasteiger partial charge on any atom is 0.337 e. The van der Waals surface area contributed by atoms with E-state index in [9.17, 15) is 9.59 Å². The number of hydrogen-bond donors (Lipinski definition) is 2. The molecule has 2 N–H and O–H groups in total. The molecule has 8 nitrogen and oxygen atoms in total. The Morgan fingerprint density at radius 2 is 1.66 bits per heavy atom. The van der Waals surface area contributed by atoms with E-state index in [1.165, 1.54) is 0 Å². The molecule has 4 heterocycles. The minimum atomic E-state index is -0.816. The smallest absolute Gasteiger partial charge is 0.337 e. The summed E-state index contributed by atoms with van der Waals surface area (Å²) in [5.74, 6) is -1.37. The number of allylic oxidation sites excluding steroid dienone is 1. The number of aryl methyl sites for hydroxylation is 1. The van der Waals surface area contributed by atoms with Gasteiger partial charge in [0.25, 0.3) is 5.91 Å². The van der Waals surface area contributed by atoms with Crippen molar-refractivity contribution in [3.8, 4) is 11.3 Å². The van der Waals surface area contributed by atoms with E-state index >= 15 is 0 Å². The first-order valence-corrected chi connectivity index (χ1v) is 14.7. The fourth-order valence-electron chi connectivity index (χ4n) is 5.68. The Balaban J connectivity index is 1.50. The van der Waals surface area contributed by atoms with Gasteiger partial charge in [0.1, 0.15) is 11.5 Å². The van der Waals surface area contributed by atoms with Crippen LogP contribution in [0.25, 0.3) is 22.6 Å². The van der Waals surface area contributed by atoms with Gasteiger partial charge in [0, 0.05) is 34.2 Å². The van der Waals surface area contributed by atoms with Gasteiger partial charge in [-0.05, 0) is 62.2 Å². The minimum absolute atomic E-state index is 0.162. The van der Waals surface area contributed by atoms with Gasteiger partial charge in [-0.2, -0.15) is 0 Å². The molecule has 0 spiro atoms. The maximum absolute atomic E-state index is 13.9. The number of aromatic nitrogens is 3. The molecule has 5 aromatic rings. The number of esters is 1. The second-order valence-corrected chi connectivity index (χ2v) is 10.8. The molecule has 0 saturated heterocycles. The van der Waals surface area contributed by atoms with Crippen LogP contribution in [0.4, 0.5) is 5.82 Å². The third-order valence-electron chi connectivity index (χ3n) is 7.58. The normalized spacial score (nSPS) is 14.9. The summed E-state index contributed by atoms with van der Waals surface area (Å²) < 4.78 is 7.65. The van der Waals surface area contributed by atoms with Crippen LogP contribution in [0.5, 0.6) is 0 Å². The number of amides is 1. The standard InChI is InChI=1S/C35H30ClN5O3/c1-4-44-35(43)31-30(25-11-5-6-12-26(25)36)29(34(42)40-27-13-7-9-19-37-27)21(2)39-32(31)23-15-17-24(18-16-23)33-22(3)38-28-14-8-10-20-41(28)33/h5-20,30,39H,4H2,1-3H3,(H,37,40,42). The summed E-state index contributed by atoms with van der Waals surface area (Å²) in [7, 11) is 0. The van der Waals surface area contributed by atoms with Crippen molar-refractivity contribution in [2.75, 3.05) is 11.9 Å². The van der Waals surface area contributed by atoms with Crippen LogP contribution < -0.4 is 10.6 Å². The zero-order valence-corrected chi connectivity index (χ0v) is 25.2. The molecule has 0 aliphatic carbocycles. The fraction of sp³-hybridized carbons (Fsp3) is 0.143. The van der Waals surface area contributed by atoms with Crippen LogP contribution in [0.15, 0.2) is 114 Å². The number of pyridine rings is 2. The van der Waals surface area contributed by atoms with Crippen LogP contribution in [0, 0.1) is 6.92 Å². The van der Waals surface area contributed by atoms with Crippen molar-refractivity contribution >= 4 is 40.6 Å². The van der Waals surface area contributed by atoms with Crippen LogP contribution in [0.1, 0.15) is 36.6 Å². The summed E-state index contributed by atoms with van der Waals surface area (Å²) in [6.45, 7) is 5.71. The van der Waals surface area contributed by atoms with Crippen molar-refractivity contribution in [1.29, 1.82) is 0 Å². The number of benzene rings is 2. The maximum atomic E-state index is 13.9. The van der Waals surface area contributed by atoms with Gasteiger partial charge in [-0.25, -0.2) is 14.8 Å². The van der Waals surface area contributed by atoms with Gasteiger partial charge in [0.05, 0.1) is 35.2 Å². The van der Waals surface area contributed by atoms with Crippen LogP contribution in [-0.2, 0) is 14.3 Å². The van der Waals surface area contributed by atoms with E-state index in [-0.39, 0.29) is 12.2 Å². The molecule has 0 radical (unpaired) electrons. The van der Waals surface area contributed by atoms with Gasteiger partial charge >= 0.3 is 5.97 Å². The average Bonchev–Trinajstić information content (AvgIpc) is 3.37. The SMILES string of the molecule is CCOC(=O)C1=C(c2ccc(-c3c(C)nc4ccccn34)cc2)NC(C)=C(C(=O)Nc2ccccn2)C1c1ccccc1Cl. The molecule has 0 bridgehead atoms. The summed E-state index contributed by atoms with van der Waals surface area (Å²) >= 11 is 6.75. The number of carbonyl (C=O) groups excluding carboxylic acids is 2. The monoisotopic (exact) mass is 603 g/mol. The molecule has 1 aliphatic heterocycles. The molecule has 0 saturated carbocycles. The second kappa shape index (κ2) is 12.2. The molecule has 220 valence electrons. The van der Waals surface area contributed by atoms with E-state index in [1.807, 2.05) is 80.7 Å². The van der Waals surface area contributed by atoms with E-state index in [1.54, 1.807) is 37.4 Å². The lowest BCUT2D eigenvalue weighted by atomic mass is 9.78. The van der Waals surface area contributed by atoms with Gasteiger partial charge < -0.3 is 15.4 Å². The summed E-state index contributed by atoms with van der Waals surface area (Å²) in [5.41, 5.74) is 6.85. The zero-order chi connectivity index (χ0) is 30.8. The highest BCUT2D eigenvalue weighted by molar-refractivity contribution is 6.31. The van der Waals surface area contributed by atoms with Gasteiger partial charge in [-0.1, -0.05) is 66.2 Å². The first-order chi connectivity index (χ1) is 21.4. The lowest BCUT2D eigenvalue weighted by Crippen LogP contribution is -2.34. The molecular formula is C35H30ClN5O3. The zero-order valence-electron chi connectivity index (χ0n) is 24.5. The number of nitrogens with zero attached hydrogens (tertiary/aromatic N) is 3. The molecular weight excluding hydrogens is 574 g/mol. The Morgan fingerprint density at radius 3 is 2.39 bits per heavy atom. The molecule has 1 atom stereocenters. The van der Waals surface area contributed by atoms with Crippen molar-refractivity contribution in [2.45, 2.75) is 26.7 Å². The van der Waals surface area contributed by atoms with Crippen molar-refractivity contribution in [2.24, 2.45) is 0 Å². The fourth-order valence-corrected chi connectivity index (χ4v) is 5.93. The number of imidazole rings is 1. The number of hydrogen-bond acceptors (Lipinski definition) is 6. The number of fused-ring (bicyclic) bond motifs is 1. The number of rotatable bonds is 7. The third-order valence-corrected chi connectivity index (χ3v) is 7.92. The molecule has 1 unspecified atom stereocenters. The average molecular weight is 604 g/mol. The van der Waals surface area contributed by atoms with Crippen molar-refractivity contribution in [3.05, 3.63) is 136 Å². The topological polar surface area (TPSA) is 97.6 Å². The second-order valence-electron chi connectivity index (χ2n) is 10.3. The highest BCUT2D eigenvalue weighted by Gasteiger charge is 2.39. The first kappa shape index (κ1) is 28.9. The van der Waals surface area contributed by atoms with E-state index < -0.39 is 17.8 Å². The van der Waals surface area contributed by atoms with Crippen molar-refractivity contribution in [3.63, 3.8) is 0 Å². The summed E-state index contributed by atoms with van der Waals surface area (Å²) in [6.07, 6.45) is 3.59. The molecule has 2 aromatic carbocycles. The number of carbonyl (C=O) groups is 2. The summed E-state index contributed by atoms with van der Waals surface area (Å²) in [4.78, 5) is 36.6. The van der Waals surface area contributed by atoms with Gasteiger partial charge in [-0.3, -0.25) is 9.20 Å². The van der Waals surface area contributed by atoms with Crippen LogP contribution in [-0.4, -0.2) is 32.9 Å². The molecule has 3 aromatic heterocycles. The van der Waals surface area contributed by atoms with E-state index in [0.717, 1.165) is 28.2 Å². The molecule has 0 fully saturated rings. The van der Waals surface area contributed by atoms with Crippen molar-refractivity contribution in [1.82, 2.24) is 19.7 Å². The Kier molecular flexibility index (Phi) is 8.00. The Labute approximate surface area is 260 Å². The van der Waals surface area contributed by atoms with E-state index in [0.29, 0.717) is 33.4 Å². The Morgan fingerprint density at radius 1 is 0.932 bits per heavy atom. The third kappa shape index (κ3) is 5.36. The van der Waals surface area contributed by atoms with Crippen LogP contribution in [0.3, 0.4) is 0 Å². The highest BCUT2D eigenvalue weighted by Crippen LogP contribution is 2.44. The number of anilines is 1. The number of nitrogens with one attached hydrogen (secondary N) is 2. The molecule has 9 heteroatoms. The largest absolute Gasteiger partial charge is 0.463 e. The van der Waals surface area contributed by atoms with Gasteiger partial charge in [-0.15, -0.1) is 0 Å². The molecule has 1 amide bonds. The Hall–Kier alpha value is -5.21. The van der Waals surface area contributed by atoms with E-state index in [4.69, 9.17) is 21.3 Å². The van der Waals surface area contributed by atoms with Gasteiger partial charge in [0.2, 0.25) is 0 Å². The van der Waals surface area contributed by atoms with Gasteiger partial charge in [0.15, 0.2) is 0 Å². The molecule has 1 aliphatic rings. The predicted molar refractivity (Wildman–Crippen MR) is 172 cm³/mol. The lowest BCUT2D eigenvalue weighted by molar-refractivity contribution is -0.138. The minimum Gasteiger partial charge on any atom is -0.463 e. The Bertz CT molecular complexity index is 1940. The number of ether oxygens (including phenoxy) is 1. The number of halogens is 1. The highest BCUT2D eigenvalue weighted by atomic mass is 35.5. The lowest BCUT2D eigenvalue weighted by Gasteiger charge is -2.32. The first-order valence-electron chi connectivity index (χ1n) is 14.3. The van der Waals surface area contributed by atoms with E-state index in [2.05, 4.69) is 20.0 Å². The summed E-state index contributed by atoms with van der Waals surface area (Å²) in [5, 5.41) is 6.67. The quantitative estimate of drug-likeness (QED) is 0.196.